The monoisotopic (exact) mass is 328 g/mol. The Kier molecular flexibility index (Phi) is 7.68. The smallest absolute Gasteiger partial charge is 0.133 e. The lowest BCUT2D eigenvalue weighted by atomic mass is 10.1. The SMILES string of the molecule is CCC(=O)CCN1CCC(COC2CCN(C(C)S)CC2)C1. The zero-order valence-electron chi connectivity index (χ0n) is 14.2. The van der Waals surface area contributed by atoms with E-state index in [2.05, 4.69) is 29.4 Å². The predicted octanol–water partition coefficient (Wildman–Crippen LogP) is 2.43. The van der Waals surface area contributed by atoms with Crippen molar-refractivity contribution in [3.05, 3.63) is 0 Å². The van der Waals surface area contributed by atoms with Crippen LogP contribution in [-0.4, -0.2) is 66.4 Å². The molecule has 0 saturated carbocycles. The molecular weight excluding hydrogens is 296 g/mol. The molecule has 2 heterocycles. The third-order valence-corrected chi connectivity index (χ3v) is 5.37. The second-order valence-electron chi connectivity index (χ2n) is 6.80. The molecule has 0 aromatic rings. The lowest BCUT2D eigenvalue weighted by molar-refractivity contribution is -0.119. The van der Waals surface area contributed by atoms with E-state index in [1.54, 1.807) is 0 Å². The number of carbonyl (C=O) groups is 1. The van der Waals surface area contributed by atoms with Crippen molar-refractivity contribution >= 4 is 18.4 Å². The molecule has 2 rings (SSSR count). The van der Waals surface area contributed by atoms with E-state index < -0.39 is 0 Å². The highest BCUT2D eigenvalue weighted by Crippen LogP contribution is 2.21. The summed E-state index contributed by atoms with van der Waals surface area (Å²) in [6, 6.07) is 0. The molecule has 22 heavy (non-hydrogen) atoms. The van der Waals surface area contributed by atoms with Gasteiger partial charge in [0, 0.05) is 44.4 Å². The van der Waals surface area contributed by atoms with E-state index in [1.807, 2.05) is 6.92 Å². The summed E-state index contributed by atoms with van der Waals surface area (Å²) in [5.74, 6) is 1.03. The van der Waals surface area contributed by atoms with Gasteiger partial charge in [-0.3, -0.25) is 9.69 Å². The minimum atomic E-state index is 0.357. The molecule has 0 aromatic heterocycles. The molecule has 2 unspecified atom stereocenters. The van der Waals surface area contributed by atoms with Crippen molar-refractivity contribution in [2.75, 3.05) is 39.3 Å². The van der Waals surface area contributed by atoms with Gasteiger partial charge in [-0.2, -0.15) is 12.6 Å². The molecule has 0 spiro atoms. The molecule has 2 aliphatic heterocycles. The van der Waals surface area contributed by atoms with Crippen molar-refractivity contribution in [2.45, 2.75) is 57.4 Å². The summed E-state index contributed by atoms with van der Waals surface area (Å²) in [4.78, 5) is 16.2. The number of hydrogen-bond donors (Lipinski definition) is 1. The molecule has 0 bridgehead atoms. The highest BCUT2D eigenvalue weighted by atomic mass is 32.1. The largest absolute Gasteiger partial charge is 0.378 e. The number of rotatable bonds is 8. The fraction of sp³-hybridized carbons (Fsp3) is 0.941. The van der Waals surface area contributed by atoms with Gasteiger partial charge in [0.05, 0.1) is 12.7 Å². The summed E-state index contributed by atoms with van der Waals surface area (Å²) in [7, 11) is 0. The first-order valence-corrected chi connectivity index (χ1v) is 9.38. The quantitative estimate of drug-likeness (QED) is 0.694. The first-order chi connectivity index (χ1) is 10.6. The van der Waals surface area contributed by atoms with Crippen molar-refractivity contribution < 1.29 is 9.53 Å². The molecule has 4 nitrogen and oxygen atoms in total. The Morgan fingerprint density at radius 1 is 1.27 bits per heavy atom. The third-order valence-electron chi connectivity index (χ3n) is 5.04. The van der Waals surface area contributed by atoms with E-state index in [0.29, 0.717) is 36.0 Å². The minimum absolute atomic E-state index is 0.357. The molecule has 0 N–H and O–H groups in total. The molecule has 5 heteroatoms. The van der Waals surface area contributed by atoms with Crippen molar-refractivity contribution in [1.82, 2.24) is 9.80 Å². The number of ketones is 1. The zero-order chi connectivity index (χ0) is 15.9. The molecule has 0 radical (unpaired) electrons. The average Bonchev–Trinajstić information content (AvgIpc) is 2.99. The summed E-state index contributed by atoms with van der Waals surface area (Å²) in [6.45, 7) is 10.3. The van der Waals surface area contributed by atoms with Crippen LogP contribution in [0, 0.1) is 5.92 Å². The van der Waals surface area contributed by atoms with Crippen LogP contribution in [0.3, 0.4) is 0 Å². The van der Waals surface area contributed by atoms with Crippen LogP contribution in [0.1, 0.15) is 46.0 Å². The minimum Gasteiger partial charge on any atom is -0.378 e. The Morgan fingerprint density at radius 3 is 2.64 bits per heavy atom. The van der Waals surface area contributed by atoms with E-state index in [-0.39, 0.29) is 0 Å². The van der Waals surface area contributed by atoms with Gasteiger partial charge in [-0.15, -0.1) is 0 Å². The standard InChI is InChI=1S/C17H32N2O2S/c1-3-16(20)5-9-18-8-4-15(12-18)13-21-17-6-10-19(11-7-17)14(2)22/h14-15,17,22H,3-13H2,1-2H3. The first kappa shape index (κ1) is 18.2. The van der Waals surface area contributed by atoms with E-state index in [0.717, 1.165) is 52.2 Å². The van der Waals surface area contributed by atoms with Gasteiger partial charge in [0.2, 0.25) is 0 Å². The maximum Gasteiger partial charge on any atom is 0.133 e. The second-order valence-corrected chi connectivity index (χ2v) is 7.55. The van der Waals surface area contributed by atoms with Crippen molar-refractivity contribution in [3.8, 4) is 0 Å². The van der Waals surface area contributed by atoms with Crippen LogP contribution in [0.5, 0.6) is 0 Å². The van der Waals surface area contributed by atoms with Crippen molar-refractivity contribution in [1.29, 1.82) is 0 Å². The van der Waals surface area contributed by atoms with E-state index in [9.17, 15) is 4.79 Å². The van der Waals surface area contributed by atoms with Gasteiger partial charge in [-0.1, -0.05) is 6.92 Å². The van der Waals surface area contributed by atoms with Gasteiger partial charge in [-0.25, -0.2) is 0 Å². The Morgan fingerprint density at radius 2 is 2.00 bits per heavy atom. The van der Waals surface area contributed by atoms with Crippen LogP contribution in [-0.2, 0) is 9.53 Å². The molecule has 128 valence electrons. The Bertz CT molecular complexity index is 344. The van der Waals surface area contributed by atoms with Gasteiger partial charge < -0.3 is 9.64 Å². The fourth-order valence-electron chi connectivity index (χ4n) is 3.40. The summed E-state index contributed by atoms with van der Waals surface area (Å²) in [5.41, 5.74) is 0. The molecule has 0 aromatic carbocycles. The van der Waals surface area contributed by atoms with Gasteiger partial charge in [-0.05, 0) is 38.6 Å². The summed E-state index contributed by atoms with van der Waals surface area (Å²) >= 11 is 4.50. The maximum absolute atomic E-state index is 11.4. The number of ether oxygens (including phenoxy) is 1. The number of likely N-dealkylation sites (tertiary alicyclic amines) is 2. The van der Waals surface area contributed by atoms with Crippen LogP contribution in [0.2, 0.25) is 0 Å². The number of carbonyl (C=O) groups excluding carboxylic acids is 1. The van der Waals surface area contributed by atoms with E-state index in [4.69, 9.17) is 4.74 Å². The highest BCUT2D eigenvalue weighted by molar-refractivity contribution is 7.80. The maximum atomic E-state index is 11.4. The molecule has 2 saturated heterocycles. The molecule has 0 amide bonds. The van der Waals surface area contributed by atoms with Crippen molar-refractivity contribution in [2.24, 2.45) is 5.92 Å². The zero-order valence-corrected chi connectivity index (χ0v) is 15.1. The topological polar surface area (TPSA) is 32.8 Å². The third kappa shape index (κ3) is 5.84. The average molecular weight is 329 g/mol. The van der Waals surface area contributed by atoms with Gasteiger partial charge >= 0.3 is 0 Å². The van der Waals surface area contributed by atoms with Crippen molar-refractivity contribution in [3.63, 3.8) is 0 Å². The molecule has 2 atom stereocenters. The molecule has 2 fully saturated rings. The number of thiol groups is 1. The van der Waals surface area contributed by atoms with Gasteiger partial charge in [0.25, 0.3) is 0 Å². The predicted molar refractivity (Wildman–Crippen MR) is 93.5 cm³/mol. The van der Waals surface area contributed by atoms with Gasteiger partial charge in [0.15, 0.2) is 0 Å². The Labute approximate surface area is 141 Å². The normalized spacial score (nSPS) is 26.4. The Hall–Kier alpha value is -0.100. The molecular formula is C17H32N2O2S. The van der Waals surface area contributed by atoms with Gasteiger partial charge in [0.1, 0.15) is 5.78 Å². The summed E-state index contributed by atoms with van der Waals surface area (Å²) < 4.78 is 6.14. The van der Waals surface area contributed by atoms with E-state index >= 15 is 0 Å². The van der Waals surface area contributed by atoms with Crippen LogP contribution in [0.4, 0.5) is 0 Å². The number of piperidine rings is 1. The number of hydrogen-bond acceptors (Lipinski definition) is 5. The summed E-state index contributed by atoms with van der Waals surface area (Å²) in [6.07, 6.45) is 5.29. The lowest BCUT2D eigenvalue weighted by Crippen LogP contribution is -2.40. The number of nitrogens with zero attached hydrogens (tertiary/aromatic N) is 2. The highest BCUT2D eigenvalue weighted by Gasteiger charge is 2.26. The first-order valence-electron chi connectivity index (χ1n) is 8.86. The second kappa shape index (κ2) is 9.26. The molecule has 2 aliphatic rings. The fourth-order valence-corrected chi connectivity index (χ4v) is 3.63. The van der Waals surface area contributed by atoms with Crippen LogP contribution in [0.15, 0.2) is 0 Å². The Balaban J connectivity index is 1.58. The van der Waals surface area contributed by atoms with Crippen LogP contribution in [0.25, 0.3) is 0 Å². The summed E-state index contributed by atoms with van der Waals surface area (Å²) in [5, 5.41) is 0.357. The van der Waals surface area contributed by atoms with Crippen LogP contribution >= 0.6 is 12.6 Å². The van der Waals surface area contributed by atoms with Crippen LogP contribution < -0.4 is 0 Å². The lowest BCUT2D eigenvalue weighted by Gasteiger charge is -2.34. The van der Waals surface area contributed by atoms with E-state index in [1.165, 1.54) is 6.42 Å². The molecule has 0 aliphatic carbocycles. The number of Topliss-reactive ketones (excluding diaryl/α,β-unsaturated/α-hetero) is 1.